The van der Waals surface area contributed by atoms with Gasteiger partial charge in [-0.25, -0.2) is 0 Å². The van der Waals surface area contributed by atoms with Crippen molar-refractivity contribution in [2.45, 2.75) is 62.4 Å². The van der Waals surface area contributed by atoms with E-state index in [9.17, 15) is 0 Å². The Morgan fingerprint density at radius 1 is 0.617 bits per heavy atom. The second-order valence-electron chi connectivity index (χ2n) is 15.1. The molecule has 2 heteroatoms. The summed E-state index contributed by atoms with van der Waals surface area (Å²) in [5, 5.41) is 0. The molecule has 0 bridgehead atoms. The Morgan fingerprint density at radius 3 is 1.60 bits per heavy atom. The molecule has 5 aromatic rings. The number of fused-ring (bicyclic) bond motifs is 3. The summed E-state index contributed by atoms with van der Waals surface area (Å²) in [6.07, 6.45) is 8.16. The van der Waals surface area contributed by atoms with Crippen molar-refractivity contribution in [3.8, 4) is 33.4 Å². The fourth-order valence-electron chi connectivity index (χ4n) is 7.43. The SMILES string of the molecule is CC(C)(C)c1cc2c(cc1-c1ccccc1)[CH]([Zr](=[CH]c1cccc(Br)c1)[C]1=CC=CC1)c1cc(-c3ccccc3)c(C(C)(C)C)cc1-2. The van der Waals surface area contributed by atoms with Gasteiger partial charge in [-0.3, -0.25) is 0 Å². The van der Waals surface area contributed by atoms with Crippen LogP contribution in [0.25, 0.3) is 33.4 Å². The Bertz CT molecular complexity index is 1960. The van der Waals surface area contributed by atoms with Crippen molar-refractivity contribution in [3.63, 3.8) is 0 Å². The normalized spacial score (nSPS) is 14.7. The summed E-state index contributed by atoms with van der Waals surface area (Å²) in [4.78, 5) is 0. The maximum absolute atomic E-state index is 3.77. The first kappa shape index (κ1) is 32.4. The first-order valence-corrected chi connectivity index (χ1v) is 21.7. The van der Waals surface area contributed by atoms with Crippen molar-refractivity contribution in [2.24, 2.45) is 0 Å². The molecule has 0 saturated carbocycles. The Hall–Kier alpha value is -3.19. The molecule has 47 heavy (non-hydrogen) atoms. The Morgan fingerprint density at radius 2 is 1.15 bits per heavy atom. The molecular weight excluding hydrogens is 712 g/mol. The third-order valence-corrected chi connectivity index (χ3v) is 17.6. The van der Waals surface area contributed by atoms with E-state index in [2.05, 4.69) is 189 Å². The second kappa shape index (κ2) is 12.7. The zero-order valence-corrected chi connectivity index (χ0v) is 32.4. The zero-order valence-electron chi connectivity index (χ0n) is 28.4. The van der Waals surface area contributed by atoms with Crippen molar-refractivity contribution in [1.82, 2.24) is 0 Å². The second-order valence-corrected chi connectivity index (χ2v) is 22.0. The molecule has 5 aromatic carbocycles. The quantitative estimate of drug-likeness (QED) is 0.168. The predicted molar refractivity (Wildman–Crippen MR) is 203 cm³/mol. The summed E-state index contributed by atoms with van der Waals surface area (Å²) in [6, 6.07) is 41.4. The summed E-state index contributed by atoms with van der Waals surface area (Å²) in [7, 11) is 0. The summed E-state index contributed by atoms with van der Waals surface area (Å²) < 4.78 is 5.90. The molecule has 0 aromatic heterocycles. The van der Waals surface area contributed by atoms with Crippen LogP contribution in [0.3, 0.4) is 0 Å². The van der Waals surface area contributed by atoms with E-state index in [1.165, 1.54) is 61.2 Å². The van der Waals surface area contributed by atoms with Gasteiger partial charge in [0.25, 0.3) is 0 Å². The minimum atomic E-state index is -2.56. The Labute approximate surface area is 297 Å². The van der Waals surface area contributed by atoms with Gasteiger partial charge >= 0.3 is 300 Å². The van der Waals surface area contributed by atoms with Gasteiger partial charge in [0.05, 0.1) is 0 Å². The van der Waals surface area contributed by atoms with Crippen LogP contribution in [0.15, 0.2) is 135 Å². The summed E-state index contributed by atoms with van der Waals surface area (Å²) in [6.45, 7) is 14.2. The van der Waals surface area contributed by atoms with Gasteiger partial charge in [-0.1, -0.05) is 0 Å². The van der Waals surface area contributed by atoms with E-state index in [1.54, 1.807) is 3.28 Å². The van der Waals surface area contributed by atoms with E-state index in [0.29, 0.717) is 3.63 Å². The molecule has 0 aliphatic heterocycles. The minimum absolute atomic E-state index is 0.00276. The number of rotatable bonds is 5. The molecule has 0 spiro atoms. The van der Waals surface area contributed by atoms with Crippen LogP contribution < -0.4 is 0 Å². The van der Waals surface area contributed by atoms with Gasteiger partial charge in [-0.15, -0.1) is 0 Å². The molecule has 2 aliphatic rings. The van der Waals surface area contributed by atoms with Gasteiger partial charge in [-0.05, 0) is 0 Å². The van der Waals surface area contributed by atoms with Crippen molar-refractivity contribution in [2.75, 3.05) is 0 Å². The van der Waals surface area contributed by atoms with E-state index >= 15 is 0 Å². The van der Waals surface area contributed by atoms with Crippen molar-refractivity contribution in [1.29, 1.82) is 0 Å². The van der Waals surface area contributed by atoms with Gasteiger partial charge in [0, 0.05) is 0 Å². The summed E-state index contributed by atoms with van der Waals surface area (Å²) in [5.41, 5.74) is 15.4. The monoisotopic (exact) mass is 752 g/mol. The number of halogens is 1. The number of hydrogen-bond acceptors (Lipinski definition) is 0. The molecule has 0 fully saturated rings. The van der Waals surface area contributed by atoms with Crippen molar-refractivity contribution < 1.29 is 21.3 Å². The van der Waals surface area contributed by atoms with Crippen LogP contribution in [0, 0.1) is 0 Å². The molecular formula is C45H43BrZr. The van der Waals surface area contributed by atoms with Gasteiger partial charge in [0.1, 0.15) is 0 Å². The topological polar surface area (TPSA) is 0 Å². The Balaban J connectivity index is 1.59. The van der Waals surface area contributed by atoms with E-state index in [-0.39, 0.29) is 10.8 Å². The summed E-state index contributed by atoms with van der Waals surface area (Å²) in [5.74, 6) is 0. The molecule has 0 N–H and O–H groups in total. The molecule has 0 radical (unpaired) electrons. The van der Waals surface area contributed by atoms with Crippen LogP contribution in [0.2, 0.25) is 0 Å². The van der Waals surface area contributed by atoms with E-state index in [1.807, 2.05) is 0 Å². The third kappa shape index (κ3) is 6.37. The van der Waals surface area contributed by atoms with Crippen molar-refractivity contribution >= 4 is 19.6 Å². The average Bonchev–Trinajstić information content (AvgIpc) is 3.69. The standard InChI is InChI=1S/C33H33.C7H5Br.C5H5.Zr/c1-32(2,3)30-20-26-24(18-28(30)22-13-9-7-10-14-22)17-25-19-29(23-15-11-8-12-16-23)31(21-27(25)26)33(4,5)6;1-6-3-2-4-7(8)5-6;1-2-4-5-3-1;/h7-21H,1-6H3;1-5H;1-3H,4H2;. The first-order valence-electron chi connectivity index (χ1n) is 16.8. The number of benzene rings is 5. The molecule has 7 rings (SSSR count). The molecule has 0 saturated heterocycles. The van der Waals surface area contributed by atoms with Gasteiger partial charge in [-0.2, -0.15) is 0 Å². The fourth-order valence-corrected chi connectivity index (χ4v) is 15.4. The molecule has 0 unspecified atom stereocenters. The first-order chi connectivity index (χ1) is 22.5. The molecule has 0 heterocycles. The van der Waals surface area contributed by atoms with Gasteiger partial charge in [0.15, 0.2) is 0 Å². The van der Waals surface area contributed by atoms with E-state index < -0.39 is 21.3 Å². The fraction of sp³-hybridized carbons (Fsp3) is 0.222. The van der Waals surface area contributed by atoms with Crippen LogP contribution in [-0.2, 0) is 32.1 Å². The van der Waals surface area contributed by atoms with Crippen LogP contribution >= 0.6 is 15.9 Å². The van der Waals surface area contributed by atoms with E-state index in [4.69, 9.17) is 0 Å². The van der Waals surface area contributed by atoms with Crippen LogP contribution in [0.5, 0.6) is 0 Å². The third-order valence-electron chi connectivity index (χ3n) is 9.70. The molecule has 0 amide bonds. The number of allylic oxidation sites excluding steroid dienone is 4. The van der Waals surface area contributed by atoms with Gasteiger partial charge in [0.2, 0.25) is 0 Å². The number of hydrogen-bond donors (Lipinski definition) is 0. The Kier molecular flexibility index (Phi) is 8.74. The van der Waals surface area contributed by atoms with Crippen molar-refractivity contribution in [3.05, 3.63) is 163 Å². The average molecular weight is 755 g/mol. The zero-order chi connectivity index (χ0) is 32.9. The maximum atomic E-state index is 3.77. The molecule has 0 nitrogen and oxygen atoms in total. The van der Waals surface area contributed by atoms with E-state index in [0.717, 1.165) is 10.9 Å². The van der Waals surface area contributed by atoms with Crippen LogP contribution in [-0.4, -0.2) is 3.71 Å². The van der Waals surface area contributed by atoms with Crippen LogP contribution in [0.1, 0.15) is 79.4 Å². The molecule has 0 atom stereocenters. The predicted octanol–water partition coefficient (Wildman–Crippen LogP) is 12.8. The summed E-state index contributed by atoms with van der Waals surface area (Å²) >= 11 is 1.21. The van der Waals surface area contributed by atoms with Gasteiger partial charge < -0.3 is 0 Å². The molecule has 234 valence electrons. The van der Waals surface area contributed by atoms with Crippen LogP contribution in [0.4, 0.5) is 0 Å². The molecule has 2 aliphatic carbocycles.